The Hall–Kier alpha value is -1.31. The lowest BCUT2D eigenvalue weighted by molar-refractivity contribution is 0.0695. The van der Waals surface area contributed by atoms with E-state index in [1.54, 1.807) is 12.1 Å². The van der Waals surface area contributed by atoms with E-state index in [0.717, 1.165) is 31.2 Å². The number of rotatable bonds is 5. The Labute approximate surface area is 84.6 Å². The molecule has 0 unspecified atom stereocenters. The third-order valence-corrected chi connectivity index (χ3v) is 2.19. The average molecular weight is 191 g/mol. The van der Waals surface area contributed by atoms with Crippen LogP contribution in [0.25, 0.3) is 0 Å². The second-order valence-electron chi connectivity index (χ2n) is 3.27. The van der Waals surface area contributed by atoms with Gasteiger partial charge in [-0.05, 0) is 24.5 Å². The van der Waals surface area contributed by atoms with Crippen molar-refractivity contribution in [1.82, 2.24) is 0 Å². The van der Waals surface area contributed by atoms with E-state index >= 15 is 0 Å². The van der Waals surface area contributed by atoms with Gasteiger partial charge in [-0.3, -0.25) is 0 Å². The maximum Gasteiger partial charge on any atom is 0.335 e. The number of carboxylic acid groups (broad SMARTS) is 1. The monoisotopic (exact) mass is 191 g/mol. The summed E-state index contributed by atoms with van der Waals surface area (Å²) in [5.74, 6) is -0.838. The number of aromatic carboxylic acids is 1. The van der Waals surface area contributed by atoms with Gasteiger partial charge in [0.2, 0.25) is 0 Å². The van der Waals surface area contributed by atoms with Gasteiger partial charge in [0, 0.05) is 0 Å². The first-order valence-corrected chi connectivity index (χ1v) is 4.86. The SMILES string of the molecule is [CH2]CCCCc1ccccc1C(=O)O. The zero-order valence-corrected chi connectivity index (χ0v) is 8.20. The van der Waals surface area contributed by atoms with Gasteiger partial charge in [0.1, 0.15) is 0 Å². The summed E-state index contributed by atoms with van der Waals surface area (Å²) in [5, 5.41) is 8.91. The van der Waals surface area contributed by atoms with E-state index in [2.05, 4.69) is 6.92 Å². The largest absolute Gasteiger partial charge is 0.478 e. The number of hydrogen-bond acceptors (Lipinski definition) is 1. The maximum atomic E-state index is 10.8. The van der Waals surface area contributed by atoms with E-state index in [1.807, 2.05) is 12.1 Å². The lowest BCUT2D eigenvalue weighted by atomic mass is 10.0. The molecule has 14 heavy (non-hydrogen) atoms. The highest BCUT2D eigenvalue weighted by Gasteiger charge is 2.07. The summed E-state index contributed by atoms with van der Waals surface area (Å²) in [7, 11) is 0. The third-order valence-electron chi connectivity index (χ3n) is 2.19. The van der Waals surface area contributed by atoms with Crippen LogP contribution in [0.5, 0.6) is 0 Å². The van der Waals surface area contributed by atoms with Gasteiger partial charge in [-0.15, -0.1) is 0 Å². The fourth-order valence-electron chi connectivity index (χ4n) is 1.44. The van der Waals surface area contributed by atoms with Crippen molar-refractivity contribution in [3.8, 4) is 0 Å². The minimum atomic E-state index is -0.838. The van der Waals surface area contributed by atoms with Crippen LogP contribution in [0.15, 0.2) is 24.3 Å². The summed E-state index contributed by atoms with van der Waals surface area (Å²) in [6, 6.07) is 7.18. The lowest BCUT2D eigenvalue weighted by Crippen LogP contribution is -2.01. The fraction of sp³-hybridized carbons (Fsp3) is 0.333. The van der Waals surface area contributed by atoms with Crippen LogP contribution in [0.1, 0.15) is 35.2 Å². The predicted octanol–water partition coefficient (Wildman–Crippen LogP) is 2.93. The Morgan fingerprint density at radius 1 is 1.29 bits per heavy atom. The van der Waals surface area contributed by atoms with Gasteiger partial charge in [0.15, 0.2) is 0 Å². The van der Waals surface area contributed by atoms with Crippen LogP contribution in [0.2, 0.25) is 0 Å². The molecule has 0 atom stereocenters. The van der Waals surface area contributed by atoms with Crippen molar-refractivity contribution in [1.29, 1.82) is 0 Å². The van der Waals surface area contributed by atoms with Gasteiger partial charge in [0.05, 0.1) is 5.56 Å². The molecule has 0 aromatic heterocycles. The molecule has 1 aromatic carbocycles. The van der Waals surface area contributed by atoms with Crippen LogP contribution in [0.3, 0.4) is 0 Å². The Bertz CT molecular complexity index is 305. The summed E-state index contributed by atoms with van der Waals surface area (Å²) in [6.45, 7) is 3.76. The highest BCUT2D eigenvalue weighted by atomic mass is 16.4. The van der Waals surface area contributed by atoms with E-state index in [4.69, 9.17) is 5.11 Å². The third kappa shape index (κ3) is 2.87. The van der Waals surface area contributed by atoms with Crippen LogP contribution in [-0.2, 0) is 6.42 Å². The summed E-state index contributed by atoms with van der Waals surface area (Å²) >= 11 is 0. The van der Waals surface area contributed by atoms with Crippen molar-refractivity contribution in [3.63, 3.8) is 0 Å². The molecule has 1 aromatic rings. The molecule has 0 saturated heterocycles. The molecule has 2 nitrogen and oxygen atoms in total. The maximum absolute atomic E-state index is 10.8. The zero-order valence-electron chi connectivity index (χ0n) is 8.20. The lowest BCUT2D eigenvalue weighted by Gasteiger charge is -2.04. The Morgan fingerprint density at radius 2 is 2.00 bits per heavy atom. The Kier molecular flexibility index (Phi) is 4.17. The molecule has 0 saturated carbocycles. The van der Waals surface area contributed by atoms with Gasteiger partial charge >= 0.3 is 5.97 Å². The van der Waals surface area contributed by atoms with E-state index in [1.165, 1.54) is 0 Å². The summed E-state index contributed by atoms with van der Waals surface area (Å²) in [5.41, 5.74) is 1.35. The van der Waals surface area contributed by atoms with Crippen molar-refractivity contribution >= 4 is 5.97 Å². The molecule has 0 fully saturated rings. The van der Waals surface area contributed by atoms with E-state index in [-0.39, 0.29) is 0 Å². The topological polar surface area (TPSA) is 37.3 Å². The van der Waals surface area contributed by atoms with E-state index in [9.17, 15) is 4.79 Å². The molecule has 1 N–H and O–H groups in total. The number of carboxylic acids is 1. The van der Waals surface area contributed by atoms with E-state index < -0.39 is 5.97 Å². The average Bonchev–Trinajstić information content (AvgIpc) is 2.19. The zero-order chi connectivity index (χ0) is 10.4. The minimum absolute atomic E-state index is 0.427. The molecule has 0 aliphatic rings. The first kappa shape index (κ1) is 10.8. The number of aryl methyl sites for hydroxylation is 1. The van der Waals surface area contributed by atoms with Gasteiger partial charge in [0.25, 0.3) is 0 Å². The summed E-state index contributed by atoms with van der Waals surface area (Å²) < 4.78 is 0. The molecule has 0 amide bonds. The first-order valence-electron chi connectivity index (χ1n) is 4.86. The van der Waals surface area contributed by atoms with Gasteiger partial charge in [-0.25, -0.2) is 4.79 Å². The quantitative estimate of drug-likeness (QED) is 0.726. The second kappa shape index (κ2) is 5.43. The minimum Gasteiger partial charge on any atom is -0.478 e. The molecule has 0 heterocycles. The number of hydrogen-bond donors (Lipinski definition) is 1. The number of unbranched alkanes of at least 4 members (excludes halogenated alkanes) is 2. The van der Waals surface area contributed by atoms with Crippen molar-refractivity contribution in [3.05, 3.63) is 42.3 Å². The fourth-order valence-corrected chi connectivity index (χ4v) is 1.44. The van der Waals surface area contributed by atoms with Crippen LogP contribution in [0.4, 0.5) is 0 Å². The van der Waals surface area contributed by atoms with Crippen LogP contribution < -0.4 is 0 Å². The smallest absolute Gasteiger partial charge is 0.335 e. The van der Waals surface area contributed by atoms with Crippen molar-refractivity contribution < 1.29 is 9.90 Å². The second-order valence-corrected chi connectivity index (χ2v) is 3.27. The molecule has 1 rings (SSSR count). The molecule has 75 valence electrons. The van der Waals surface area contributed by atoms with Crippen LogP contribution in [-0.4, -0.2) is 11.1 Å². The molecule has 0 spiro atoms. The standard InChI is InChI=1S/C12H15O2/c1-2-3-4-7-10-8-5-6-9-11(10)12(13)14/h5-6,8-9H,1-4,7H2,(H,13,14). The van der Waals surface area contributed by atoms with Crippen molar-refractivity contribution in [2.45, 2.75) is 25.7 Å². The first-order chi connectivity index (χ1) is 6.75. The predicted molar refractivity (Wildman–Crippen MR) is 56.3 cm³/mol. The van der Waals surface area contributed by atoms with Gasteiger partial charge in [-0.2, -0.15) is 0 Å². The summed E-state index contributed by atoms with van der Waals surface area (Å²) in [6.07, 6.45) is 3.80. The van der Waals surface area contributed by atoms with E-state index in [0.29, 0.717) is 5.56 Å². The Morgan fingerprint density at radius 3 is 2.64 bits per heavy atom. The van der Waals surface area contributed by atoms with Crippen molar-refractivity contribution in [2.24, 2.45) is 0 Å². The highest BCUT2D eigenvalue weighted by Crippen LogP contribution is 2.12. The molecule has 0 aliphatic carbocycles. The molecule has 0 aliphatic heterocycles. The van der Waals surface area contributed by atoms with Crippen LogP contribution in [0, 0.1) is 6.92 Å². The van der Waals surface area contributed by atoms with Gasteiger partial charge < -0.3 is 5.11 Å². The number of carbonyl (C=O) groups is 1. The highest BCUT2D eigenvalue weighted by molar-refractivity contribution is 5.89. The number of benzene rings is 1. The molecular formula is C12H15O2. The van der Waals surface area contributed by atoms with Crippen molar-refractivity contribution in [2.75, 3.05) is 0 Å². The summed E-state index contributed by atoms with van der Waals surface area (Å²) in [4.78, 5) is 10.8. The van der Waals surface area contributed by atoms with Gasteiger partial charge in [-0.1, -0.05) is 38.0 Å². The molecule has 1 radical (unpaired) electrons. The Balaban J connectivity index is 2.69. The molecule has 2 heteroatoms. The van der Waals surface area contributed by atoms with Crippen LogP contribution >= 0.6 is 0 Å². The molecule has 0 bridgehead atoms. The molecular weight excluding hydrogens is 176 g/mol. The normalized spacial score (nSPS) is 10.1.